The number of hydrogen-bond donors (Lipinski definition) is 3. The fourth-order valence-corrected chi connectivity index (χ4v) is 2.22. The van der Waals surface area contributed by atoms with Crippen LogP contribution in [0.5, 0.6) is 0 Å². The van der Waals surface area contributed by atoms with Crippen molar-refractivity contribution in [2.75, 3.05) is 13.1 Å². The number of aliphatic carboxylic acids is 2. The van der Waals surface area contributed by atoms with Crippen LogP contribution in [0.1, 0.15) is 44.9 Å². The molecule has 0 radical (unpaired) electrons. The Bertz CT molecular complexity index is 351. The lowest BCUT2D eigenvalue weighted by atomic mass is 10.1. The standard InChI is InChI=1S/C13H22N2O5/c16-11(17)7-6-10(12(18)19)14-13(20)15-8-4-2-1-3-5-9-15/h10H,1-9H2,(H,14,20)(H,16,17)(H,18,19). The molecular formula is C13H22N2O5. The Kier molecular flexibility index (Phi) is 6.83. The van der Waals surface area contributed by atoms with Crippen molar-refractivity contribution >= 4 is 18.0 Å². The summed E-state index contributed by atoms with van der Waals surface area (Å²) in [5.41, 5.74) is 0. The molecule has 1 aliphatic rings. The molecule has 0 aromatic heterocycles. The largest absolute Gasteiger partial charge is 0.481 e. The first-order valence-electron chi connectivity index (χ1n) is 7.00. The Balaban J connectivity index is 2.50. The van der Waals surface area contributed by atoms with E-state index >= 15 is 0 Å². The van der Waals surface area contributed by atoms with Gasteiger partial charge in [0.05, 0.1) is 0 Å². The average Bonchev–Trinajstić information content (AvgIpc) is 2.33. The Morgan fingerprint density at radius 1 is 1.00 bits per heavy atom. The van der Waals surface area contributed by atoms with Gasteiger partial charge >= 0.3 is 18.0 Å². The normalized spacial score (nSPS) is 17.7. The summed E-state index contributed by atoms with van der Waals surface area (Å²) in [5.74, 6) is -2.27. The highest BCUT2D eigenvalue weighted by Crippen LogP contribution is 2.11. The van der Waals surface area contributed by atoms with E-state index in [0.717, 1.165) is 25.7 Å². The van der Waals surface area contributed by atoms with E-state index in [2.05, 4.69) is 5.32 Å². The molecule has 1 heterocycles. The van der Waals surface area contributed by atoms with Gasteiger partial charge in [0, 0.05) is 19.5 Å². The lowest BCUT2D eigenvalue weighted by Gasteiger charge is -2.26. The summed E-state index contributed by atoms with van der Waals surface area (Å²) in [5, 5.41) is 20.0. The Labute approximate surface area is 117 Å². The molecule has 114 valence electrons. The van der Waals surface area contributed by atoms with Crippen LogP contribution in [-0.4, -0.2) is 52.2 Å². The number of hydrogen-bond acceptors (Lipinski definition) is 3. The minimum absolute atomic E-state index is 0.107. The summed E-state index contributed by atoms with van der Waals surface area (Å²) >= 11 is 0. The number of rotatable bonds is 5. The van der Waals surface area contributed by atoms with Gasteiger partial charge in [0.1, 0.15) is 6.04 Å². The van der Waals surface area contributed by atoms with Crippen LogP contribution < -0.4 is 5.32 Å². The molecule has 0 aromatic carbocycles. The molecule has 20 heavy (non-hydrogen) atoms. The van der Waals surface area contributed by atoms with Crippen molar-refractivity contribution in [2.24, 2.45) is 0 Å². The van der Waals surface area contributed by atoms with Gasteiger partial charge in [-0.15, -0.1) is 0 Å². The van der Waals surface area contributed by atoms with Crippen LogP contribution in [0.2, 0.25) is 0 Å². The molecule has 1 saturated heterocycles. The van der Waals surface area contributed by atoms with Crippen LogP contribution in [0.25, 0.3) is 0 Å². The maximum atomic E-state index is 12.0. The first kappa shape index (κ1) is 16.3. The second-order valence-corrected chi connectivity index (χ2v) is 5.03. The molecule has 3 N–H and O–H groups in total. The molecule has 2 amide bonds. The van der Waals surface area contributed by atoms with E-state index in [1.54, 1.807) is 4.90 Å². The van der Waals surface area contributed by atoms with Gasteiger partial charge in [-0.1, -0.05) is 19.3 Å². The number of amides is 2. The van der Waals surface area contributed by atoms with E-state index in [-0.39, 0.29) is 12.8 Å². The van der Waals surface area contributed by atoms with Crippen molar-refractivity contribution in [3.63, 3.8) is 0 Å². The number of nitrogens with one attached hydrogen (secondary N) is 1. The predicted octanol–water partition coefficient (Wildman–Crippen LogP) is 1.28. The lowest BCUT2D eigenvalue weighted by molar-refractivity contribution is -0.140. The van der Waals surface area contributed by atoms with Gasteiger partial charge in [0.15, 0.2) is 0 Å². The van der Waals surface area contributed by atoms with Gasteiger partial charge in [-0.3, -0.25) is 4.79 Å². The van der Waals surface area contributed by atoms with Crippen molar-refractivity contribution in [1.82, 2.24) is 10.2 Å². The third kappa shape index (κ3) is 5.90. The van der Waals surface area contributed by atoms with E-state index in [1.807, 2.05) is 0 Å². The zero-order valence-electron chi connectivity index (χ0n) is 11.5. The van der Waals surface area contributed by atoms with Crippen LogP contribution in [0, 0.1) is 0 Å². The number of urea groups is 1. The molecule has 0 aromatic rings. The second kappa shape index (κ2) is 8.39. The third-order valence-corrected chi connectivity index (χ3v) is 3.39. The van der Waals surface area contributed by atoms with Crippen LogP contribution in [0.3, 0.4) is 0 Å². The minimum atomic E-state index is -1.20. The lowest BCUT2D eigenvalue weighted by Crippen LogP contribution is -2.48. The first-order chi connectivity index (χ1) is 9.50. The smallest absolute Gasteiger partial charge is 0.326 e. The molecule has 0 bridgehead atoms. The highest BCUT2D eigenvalue weighted by atomic mass is 16.4. The van der Waals surface area contributed by atoms with Gasteiger partial charge in [0.2, 0.25) is 0 Å². The van der Waals surface area contributed by atoms with Gasteiger partial charge in [0.25, 0.3) is 0 Å². The number of carbonyl (C=O) groups excluding carboxylic acids is 1. The molecule has 0 aliphatic carbocycles. The topological polar surface area (TPSA) is 107 Å². The van der Waals surface area contributed by atoms with E-state index in [0.29, 0.717) is 13.1 Å². The Morgan fingerprint density at radius 2 is 1.55 bits per heavy atom. The quantitative estimate of drug-likeness (QED) is 0.705. The SMILES string of the molecule is O=C(O)CCC(NC(=O)N1CCCCCCC1)C(=O)O. The van der Waals surface area contributed by atoms with Crippen LogP contribution in [0.15, 0.2) is 0 Å². The fourth-order valence-electron chi connectivity index (χ4n) is 2.22. The summed E-state index contributed by atoms with van der Waals surface area (Å²) in [6.45, 7) is 1.24. The van der Waals surface area contributed by atoms with E-state index in [4.69, 9.17) is 10.2 Å². The highest BCUT2D eigenvalue weighted by molar-refractivity contribution is 5.83. The second-order valence-electron chi connectivity index (χ2n) is 5.03. The van der Waals surface area contributed by atoms with Gasteiger partial charge in [-0.2, -0.15) is 0 Å². The molecule has 1 aliphatic heterocycles. The maximum Gasteiger partial charge on any atom is 0.326 e. The number of carboxylic acids is 2. The zero-order chi connectivity index (χ0) is 15.0. The highest BCUT2D eigenvalue weighted by Gasteiger charge is 2.23. The summed E-state index contributed by atoms with van der Waals surface area (Å²) in [6.07, 6.45) is 4.77. The molecular weight excluding hydrogens is 264 g/mol. The average molecular weight is 286 g/mol. The molecule has 7 heteroatoms. The molecule has 7 nitrogen and oxygen atoms in total. The summed E-state index contributed by atoms with van der Waals surface area (Å²) < 4.78 is 0. The van der Waals surface area contributed by atoms with Gasteiger partial charge in [-0.25, -0.2) is 9.59 Å². The van der Waals surface area contributed by atoms with Crippen molar-refractivity contribution in [3.05, 3.63) is 0 Å². The summed E-state index contributed by atoms with van der Waals surface area (Å²) in [4.78, 5) is 35.2. The molecule has 1 atom stereocenters. The molecule has 1 unspecified atom stereocenters. The van der Waals surface area contributed by atoms with Crippen molar-refractivity contribution in [3.8, 4) is 0 Å². The number of likely N-dealkylation sites (tertiary alicyclic amines) is 1. The maximum absolute atomic E-state index is 12.0. The minimum Gasteiger partial charge on any atom is -0.481 e. The van der Waals surface area contributed by atoms with Crippen LogP contribution >= 0.6 is 0 Å². The molecule has 0 saturated carbocycles. The zero-order valence-corrected chi connectivity index (χ0v) is 11.5. The van der Waals surface area contributed by atoms with Crippen molar-refractivity contribution in [2.45, 2.75) is 51.0 Å². The van der Waals surface area contributed by atoms with Crippen molar-refractivity contribution in [1.29, 1.82) is 0 Å². The van der Waals surface area contributed by atoms with E-state index < -0.39 is 24.0 Å². The first-order valence-corrected chi connectivity index (χ1v) is 7.00. The third-order valence-electron chi connectivity index (χ3n) is 3.39. The van der Waals surface area contributed by atoms with E-state index in [9.17, 15) is 14.4 Å². The van der Waals surface area contributed by atoms with Gasteiger partial charge in [-0.05, 0) is 19.3 Å². The molecule has 0 spiro atoms. The number of carbonyl (C=O) groups is 3. The van der Waals surface area contributed by atoms with Gasteiger partial charge < -0.3 is 20.4 Å². The van der Waals surface area contributed by atoms with E-state index in [1.165, 1.54) is 6.42 Å². The van der Waals surface area contributed by atoms with Crippen molar-refractivity contribution < 1.29 is 24.6 Å². The molecule has 1 rings (SSSR count). The Hall–Kier alpha value is -1.79. The van der Waals surface area contributed by atoms with Crippen LogP contribution in [-0.2, 0) is 9.59 Å². The Morgan fingerprint density at radius 3 is 2.05 bits per heavy atom. The predicted molar refractivity (Wildman–Crippen MR) is 71.5 cm³/mol. The molecule has 1 fully saturated rings. The summed E-state index contributed by atoms with van der Waals surface area (Å²) in [7, 11) is 0. The van der Waals surface area contributed by atoms with Crippen LogP contribution in [0.4, 0.5) is 4.79 Å². The number of nitrogens with zero attached hydrogens (tertiary/aromatic N) is 1. The number of carboxylic acid groups (broad SMARTS) is 2. The monoisotopic (exact) mass is 286 g/mol. The summed E-state index contributed by atoms with van der Waals surface area (Å²) in [6, 6.07) is -1.56. The fraction of sp³-hybridized carbons (Fsp3) is 0.769.